The Morgan fingerprint density at radius 1 is 0.812 bits per heavy atom. The molecule has 0 spiro atoms. The summed E-state index contributed by atoms with van der Waals surface area (Å²) in [5, 5.41) is 7.40. The van der Waals surface area contributed by atoms with E-state index in [-0.39, 0.29) is 0 Å². The molecule has 2 aliphatic heterocycles. The monoisotopic (exact) mass is 427 g/mol. The third-order valence-electron chi connectivity index (χ3n) is 6.98. The van der Waals surface area contributed by atoms with Crippen molar-refractivity contribution in [3.63, 3.8) is 0 Å². The highest BCUT2D eigenvalue weighted by atomic mass is 15.4. The Labute approximate surface area is 188 Å². The van der Waals surface area contributed by atoms with E-state index in [9.17, 15) is 0 Å². The van der Waals surface area contributed by atoms with Gasteiger partial charge in [0.2, 0.25) is 17.8 Å². The van der Waals surface area contributed by atoms with E-state index in [1.54, 1.807) is 0 Å². The van der Waals surface area contributed by atoms with E-state index in [1.165, 1.54) is 47.6 Å². The number of hydrazone groups is 1. The highest BCUT2D eigenvalue weighted by Crippen LogP contribution is 2.33. The van der Waals surface area contributed by atoms with Gasteiger partial charge in [-0.25, -0.2) is 5.43 Å². The van der Waals surface area contributed by atoms with Crippen LogP contribution in [0.15, 0.2) is 35.4 Å². The fourth-order valence-electron chi connectivity index (χ4n) is 5.28. The van der Waals surface area contributed by atoms with E-state index in [0.29, 0.717) is 5.95 Å². The predicted molar refractivity (Wildman–Crippen MR) is 130 cm³/mol. The molecule has 2 saturated heterocycles. The van der Waals surface area contributed by atoms with Gasteiger partial charge in [0, 0.05) is 31.7 Å². The molecule has 0 unspecified atom stereocenters. The number of aryl methyl sites for hydroxylation is 2. The highest BCUT2D eigenvalue weighted by molar-refractivity contribution is 6.11. The molecule has 1 aromatic heterocycles. The van der Waals surface area contributed by atoms with Crippen LogP contribution in [0.1, 0.15) is 49.3 Å². The average molecular weight is 428 g/mol. The minimum atomic E-state index is 0.522. The first-order chi connectivity index (χ1) is 15.8. The Morgan fingerprint density at radius 2 is 1.44 bits per heavy atom. The van der Waals surface area contributed by atoms with Crippen LogP contribution in [-0.4, -0.2) is 46.8 Å². The molecular weight excluding hydrogens is 398 g/mol. The molecule has 3 aliphatic rings. The van der Waals surface area contributed by atoms with Crippen molar-refractivity contribution in [2.24, 2.45) is 5.10 Å². The average Bonchev–Trinajstić information content (AvgIpc) is 3.60. The number of hydrogen-bond acceptors (Lipinski definition) is 7. The van der Waals surface area contributed by atoms with Gasteiger partial charge in [0.05, 0.1) is 5.71 Å². The molecule has 0 bridgehead atoms. The zero-order valence-electron chi connectivity index (χ0n) is 18.6. The first kappa shape index (κ1) is 19.5. The van der Waals surface area contributed by atoms with Crippen molar-refractivity contribution in [3.05, 3.63) is 47.0 Å². The smallest absolute Gasteiger partial charge is 0.250 e. The van der Waals surface area contributed by atoms with Crippen LogP contribution in [-0.2, 0) is 12.8 Å². The Balaban J connectivity index is 1.33. The van der Waals surface area contributed by atoms with Crippen LogP contribution in [0.5, 0.6) is 0 Å². The third-order valence-corrected chi connectivity index (χ3v) is 6.98. The first-order valence-electron chi connectivity index (χ1n) is 11.9. The summed E-state index contributed by atoms with van der Waals surface area (Å²) in [6.07, 6.45) is 7.03. The van der Waals surface area contributed by atoms with Crippen molar-refractivity contribution in [1.82, 2.24) is 15.0 Å². The van der Waals surface area contributed by atoms with Gasteiger partial charge in [-0.05, 0) is 67.3 Å². The number of hydrogen-bond donors (Lipinski definition) is 1. The van der Waals surface area contributed by atoms with Crippen LogP contribution in [0.4, 0.5) is 17.8 Å². The van der Waals surface area contributed by atoms with Crippen molar-refractivity contribution in [2.45, 2.75) is 45.4 Å². The molecule has 32 heavy (non-hydrogen) atoms. The second kappa shape index (κ2) is 8.04. The van der Waals surface area contributed by atoms with Gasteiger partial charge < -0.3 is 9.80 Å². The normalized spacial score (nSPS) is 18.2. The molecule has 0 atom stereocenters. The van der Waals surface area contributed by atoms with Crippen molar-refractivity contribution in [3.8, 4) is 0 Å². The Bertz CT molecular complexity index is 1150. The third kappa shape index (κ3) is 3.45. The molecule has 2 fully saturated rings. The van der Waals surface area contributed by atoms with E-state index in [4.69, 9.17) is 20.1 Å². The molecule has 1 aliphatic carbocycles. The van der Waals surface area contributed by atoms with Gasteiger partial charge in [-0.3, -0.25) is 0 Å². The van der Waals surface area contributed by atoms with Gasteiger partial charge in [0.15, 0.2) is 0 Å². The number of benzene rings is 2. The molecule has 2 aromatic carbocycles. The molecule has 0 radical (unpaired) electrons. The maximum atomic E-state index is 4.79. The molecule has 164 valence electrons. The van der Waals surface area contributed by atoms with Crippen LogP contribution >= 0.6 is 0 Å². The summed E-state index contributed by atoms with van der Waals surface area (Å²) in [4.78, 5) is 18.7. The summed E-state index contributed by atoms with van der Waals surface area (Å²) in [6, 6.07) is 11.1. The maximum absolute atomic E-state index is 4.79. The zero-order valence-corrected chi connectivity index (χ0v) is 18.6. The SMILES string of the molecule is C/C(=N/Nc1nc(N2CCCC2)nc(N2CCCC2)n1)c1ccc2c3c(cccc13)CC2. The number of nitrogens with zero attached hydrogens (tertiary/aromatic N) is 6. The van der Waals surface area contributed by atoms with Crippen molar-refractivity contribution in [1.29, 1.82) is 0 Å². The quantitative estimate of drug-likeness (QED) is 0.487. The van der Waals surface area contributed by atoms with Gasteiger partial charge >= 0.3 is 0 Å². The lowest BCUT2D eigenvalue weighted by molar-refractivity contribution is 0.838. The minimum absolute atomic E-state index is 0.522. The van der Waals surface area contributed by atoms with E-state index < -0.39 is 0 Å². The van der Waals surface area contributed by atoms with Crippen LogP contribution in [0, 0.1) is 0 Å². The van der Waals surface area contributed by atoms with Gasteiger partial charge in [0.1, 0.15) is 0 Å². The van der Waals surface area contributed by atoms with Gasteiger partial charge in [-0.15, -0.1) is 0 Å². The van der Waals surface area contributed by atoms with E-state index in [0.717, 1.165) is 62.2 Å². The second-order valence-corrected chi connectivity index (χ2v) is 9.07. The van der Waals surface area contributed by atoms with Gasteiger partial charge in [0.25, 0.3) is 0 Å². The van der Waals surface area contributed by atoms with Crippen molar-refractivity contribution in [2.75, 3.05) is 41.4 Å². The van der Waals surface area contributed by atoms with E-state index in [2.05, 4.69) is 52.5 Å². The summed E-state index contributed by atoms with van der Waals surface area (Å²) >= 11 is 0. The molecule has 3 heterocycles. The fourth-order valence-corrected chi connectivity index (χ4v) is 5.28. The summed E-state index contributed by atoms with van der Waals surface area (Å²) in [6.45, 7) is 6.07. The Morgan fingerprint density at radius 3 is 2.09 bits per heavy atom. The maximum Gasteiger partial charge on any atom is 0.250 e. The van der Waals surface area contributed by atoms with Crippen LogP contribution < -0.4 is 15.2 Å². The Kier molecular flexibility index (Phi) is 4.89. The number of nitrogens with one attached hydrogen (secondary N) is 1. The highest BCUT2D eigenvalue weighted by Gasteiger charge is 2.22. The molecule has 6 rings (SSSR count). The lowest BCUT2D eigenvalue weighted by Crippen LogP contribution is -2.25. The largest absolute Gasteiger partial charge is 0.341 e. The molecule has 7 nitrogen and oxygen atoms in total. The standard InChI is InChI=1S/C25H29N7/c1-17(20-12-11-19-10-9-18-7-6-8-21(20)22(18)19)29-30-23-26-24(31-13-2-3-14-31)28-25(27-23)32-15-4-5-16-32/h6-8,11-12H,2-5,9-10,13-16H2,1H3,(H,26,27,28,30)/b29-17-. The summed E-state index contributed by atoms with van der Waals surface area (Å²) < 4.78 is 0. The summed E-state index contributed by atoms with van der Waals surface area (Å²) in [5.41, 5.74) is 8.14. The topological polar surface area (TPSA) is 69.5 Å². The molecule has 0 saturated carbocycles. The Hall–Kier alpha value is -3.22. The molecule has 7 heteroatoms. The van der Waals surface area contributed by atoms with Crippen LogP contribution in [0.2, 0.25) is 0 Å². The van der Waals surface area contributed by atoms with Gasteiger partial charge in [-0.2, -0.15) is 20.1 Å². The molecular formula is C25H29N7. The number of rotatable bonds is 5. The predicted octanol–water partition coefficient (Wildman–Crippen LogP) is 4.16. The summed E-state index contributed by atoms with van der Waals surface area (Å²) in [7, 11) is 0. The van der Waals surface area contributed by atoms with E-state index in [1.807, 2.05) is 0 Å². The number of anilines is 3. The van der Waals surface area contributed by atoms with Gasteiger partial charge in [-0.1, -0.05) is 30.3 Å². The van der Waals surface area contributed by atoms with Crippen molar-refractivity contribution >= 4 is 34.3 Å². The second-order valence-electron chi connectivity index (χ2n) is 9.07. The number of aromatic nitrogens is 3. The summed E-state index contributed by atoms with van der Waals surface area (Å²) in [5.74, 6) is 2.05. The zero-order chi connectivity index (χ0) is 21.5. The molecule has 1 N–H and O–H groups in total. The fraction of sp³-hybridized carbons (Fsp3) is 0.440. The lowest BCUT2D eigenvalue weighted by atomic mass is 9.98. The van der Waals surface area contributed by atoms with E-state index >= 15 is 0 Å². The lowest BCUT2D eigenvalue weighted by Gasteiger charge is -2.20. The molecule has 0 amide bonds. The van der Waals surface area contributed by atoms with Crippen LogP contribution in [0.25, 0.3) is 10.8 Å². The van der Waals surface area contributed by atoms with Crippen molar-refractivity contribution < 1.29 is 0 Å². The first-order valence-corrected chi connectivity index (χ1v) is 11.9. The minimum Gasteiger partial charge on any atom is -0.341 e. The van der Waals surface area contributed by atoms with Crippen LogP contribution in [0.3, 0.4) is 0 Å². The molecule has 3 aromatic rings.